The zero-order chi connectivity index (χ0) is 13.9. The van der Waals surface area contributed by atoms with E-state index in [0.29, 0.717) is 18.2 Å². The van der Waals surface area contributed by atoms with Crippen LogP contribution in [0.4, 0.5) is 0 Å². The largest absolute Gasteiger partial charge is 0.377 e. The Balaban J connectivity index is 1.82. The highest BCUT2D eigenvalue weighted by molar-refractivity contribution is 5.37. The highest BCUT2D eigenvalue weighted by Crippen LogP contribution is 2.35. The number of nitrogens with zero attached hydrogens (tertiary/aromatic N) is 1. The third-order valence-corrected chi connectivity index (χ3v) is 4.58. The van der Waals surface area contributed by atoms with Crippen molar-refractivity contribution in [2.45, 2.75) is 44.9 Å². The molecule has 1 heterocycles. The molecular formula is C17H26N2O. The molecule has 1 aromatic carbocycles. The second-order valence-corrected chi connectivity index (χ2v) is 6.04. The van der Waals surface area contributed by atoms with E-state index in [1.165, 1.54) is 17.5 Å². The zero-order valence-electron chi connectivity index (χ0n) is 12.6. The number of hydrogen-bond acceptors (Lipinski definition) is 3. The van der Waals surface area contributed by atoms with Crippen molar-refractivity contribution in [2.75, 3.05) is 26.2 Å². The molecule has 2 aliphatic rings. The Kier molecular flexibility index (Phi) is 4.39. The van der Waals surface area contributed by atoms with Crippen LogP contribution in [-0.4, -0.2) is 43.3 Å². The van der Waals surface area contributed by atoms with Crippen molar-refractivity contribution in [2.24, 2.45) is 0 Å². The van der Waals surface area contributed by atoms with E-state index in [4.69, 9.17) is 4.74 Å². The van der Waals surface area contributed by atoms with Gasteiger partial charge in [0.2, 0.25) is 0 Å². The normalized spacial score (nSPS) is 31.0. The predicted octanol–water partition coefficient (Wildman–Crippen LogP) is 2.37. The van der Waals surface area contributed by atoms with Gasteiger partial charge in [-0.15, -0.1) is 0 Å². The summed E-state index contributed by atoms with van der Waals surface area (Å²) in [7, 11) is 0. The maximum absolute atomic E-state index is 5.80. The molecule has 110 valence electrons. The van der Waals surface area contributed by atoms with Crippen molar-refractivity contribution < 1.29 is 4.74 Å². The number of benzene rings is 1. The van der Waals surface area contributed by atoms with Crippen molar-refractivity contribution in [1.29, 1.82) is 0 Å². The van der Waals surface area contributed by atoms with Crippen LogP contribution in [0.25, 0.3) is 0 Å². The summed E-state index contributed by atoms with van der Waals surface area (Å²) in [5.41, 5.74) is 3.01. The standard InChI is InChI=1S/C17H26N2O/c1-3-18-17-15-8-5-4-7-14(15)11-16(17)19-9-6-10-20-13(2)12-19/h4-5,7-8,13,16-18H,3,6,9-12H2,1-2H3. The summed E-state index contributed by atoms with van der Waals surface area (Å²) in [4.78, 5) is 2.64. The molecular weight excluding hydrogens is 248 g/mol. The molecule has 20 heavy (non-hydrogen) atoms. The number of hydrogen-bond donors (Lipinski definition) is 1. The monoisotopic (exact) mass is 274 g/mol. The van der Waals surface area contributed by atoms with Crippen molar-refractivity contribution in [3.8, 4) is 0 Å². The van der Waals surface area contributed by atoms with Crippen LogP contribution in [0.3, 0.4) is 0 Å². The van der Waals surface area contributed by atoms with E-state index in [-0.39, 0.29) is 0 Å². The Labute approximate surface area is 122 Å². The maximum atomic E-state index is 5.80. The molecule has 0 amide bonds. The van der Waals surface area contributed by atoms with Crippen LogP contribution in [0.2, 0.25) is 0 Å². The van der Waals surface area contributed by atoms with Crippen molar-refractivity contribution in [3.63, 3.8) is 0 Å². The lowest BCUT2D eigenvalue weighted by atomic mass is 10.1. The number of likely N-dealkylation sites (N-methyl/N-ethyl adjacent to an activating group) is 1. The van der Waals surface area contributed by atoms with E-state index < -0.39 is 0 Å². The summed E-state index contributed by atoms with van der Waals surface area (Å²) in [6.07, 6.45) is 2.67. The Morgan fingerprint density at radius 3 is 3.05 bits per heavy atom. The first kappa shape index (κ1) is 14.1. The van der Waals surface area contributed by atoms with E-state index in [9.17, 15) is 0 Å². The van der Waals surface area contributed by atoms with E-state index in [0.717, 1.165) is 32.7 Å². The van der Waals surface area contributed by atoms with Crippen LogP contribution >= 0.6 is 0 Å². The Hall–Kier alpha value is -0.900. The molecule has 3 heteroatoms. The molecule has 3 atom stereocenters. The van der Waals surface area contributed by atoms with Gasteiger partial charge in [0.05, 0.1) is 6.10 Å². The number of rotatable bonds is 3. The van der Waals surface area contributed by atoms with E-state index >= 15 is 0 Å². The molecule has 0 spiro atoms. The first-order valence-electron chi connectivity index (χ1n) is 7.96. The lowest BCUT2D eigenvalue weighted by Crippen LogP contribution is -2.45. The van der Waals surface area contributed by atoms with Crippen molar-refractivity contribution in [1.82, 2.24) is 10.2 Å². The van der Waals surface area contributed by atoms with E-state index in [1.807, 2.05) is 0 Å². The number of ether oxygens (including phenoxy) is 1. The highest BCUT2D eigenvalue weighted by atomic mass is 16.5. The molecule has 3 rings (SSSR count). The average molecular weight is 274 g/mol. The number of fused-ring (bicyclic) bond motifs is 1. The summed E-state index contributed by atoms with van der Waals surface area (Å²) >= 11 is 0. The molecule has 0 aromatic heterocycles. The van der Waals surface area contributed by atoms with Crippen LogP contribution in [0.1, 0.15) is 37.4 Å². The van der Waals surface area contributed by atoms with E-state index in [1.54, 1.807) is 0 Å². The SMILES string of the molecule is CCNC1c2ccccc2CC1N1CCCOC(C)C1. The first-order chi connectivity index (χ1) is 9.79. The van der Waals surface area contributed by atoms with Gasteiger partial charge in [-0.05, 0) is 37.4 Å². The summed E-state index contributed by atoms with van der Waals surface area (Å²) in [6, 6.07) is 9.97. The molecule has 1 saturated heterocycles. The van der Waals surface area contributed by atoms with Crippen LogP contribution in [0.15, 0.2) is 24.3 Å². The van der Waals surface area contributed by atoms with Gasteiger partial charge in [0.1, 0.15) is 0 Å². The first-order valence-corrected chi connectivity index (χ1v) is 7.96. The molecule has 0 radical (unpaired) electrons. The summed E-state index contributed by atoms with van der Waals surface area (Å²) in [5, 5.41) is 3.70. The van der Waals surface area contributed by atoms with Gasteiger partial charge in [0.25, 0.3) is 0 Å². The Bertz CT molecular complexity index is 448. The molecule has 3 unspecified atom stereocenters. The van der Waals surface area contributed by atoms with Gasteiger partial charge in [-0.2, -0.15) is 0 Å². The lowest BCUT2D eigenvalue weighted by molar-refractivity contribution is 0.0576. The summed E-state index contributed by atoms with van der Waals surface area (Å²) < 4.78 is 5.80. The summed E-state index contributed by atoms with van der Waals surface area (Å²) in [6.45, 7) is 8.54. The highest BCUT2D eigenvalue weighted by Gasteiger charge is 2.36. The minimum Gasteiger partial charge on any atom is -0.377 e. The van der Waals surface area contributed by atoms with Crippen LogP contribution in [0.5, 0.6) is 0 Å². The van der Waals surface area contributed by atoms with Gasteiger partial charge in [-0.1, -0.05) is 31.2 Å². The topological polar surface area (TPSA) is 24.5 Å². The third kappa shape index (κ3) is 2.76. The third-order valence-electron chi connectivity index (χ3n) is 4.58. The van der Waals surface area contributed by atoms with Crippen LogP contribution in [-0.2, 0) is 11.2 Å². The van der Waals surface area contributed by atoms with Gasteiger partial charge in [0.15, 0.2) is 0 Å². The minimum absolute atomic E-state index is 0.350. The van der Waals surface area contributed by atoms with Gasteiger partial charge in [-0.3, -0.25) is 4.90 Å². The van der Waals surface area contributed by atoms with Crippen LogP contribution < -0.4 is 5.32 Å². The maximum Gasteiger partial charge on any atom is 0.0674 e. The van der Waals surface area contributed by atoms with Crippen molar-refractivity contribution in [3.05, 3.63) is 35.4 Å². The molecule has 1 aliphatic heterocycles. The van der Waals surface area contributed by atoms with Gasteiger partial charge in [-0.25, -0.2) is 0 Å². The molecule has 3 nitrogen and oxygen atoms in total. The smallest absolute Gasteiger partial charge is 0.0674 e. The minimum atomic E-state index is 0.350. The Morgan fingerprint density at radius 2 is 2.20 bits per heavy atom. The van der Waals surface area contributed by atoms with Gasteiger partial charge >= 0.3 is 0 Å². The molecule has 0 saturated carbocycles. The zero-order valence-corrected chi connectivity index (χ0v) is 12.6. The summed E-state index contributed by atoms with van der Waals surface area (Å²) in [5.74, 6) is 0. The lowest BCUT2D eigenvalue weighted by Gasteiger charge is -2.33. The number of nitrogens with one attached hydrogen (secondary N) is 1. The fourth-order valence-corrected chi connectivity index (χ4v) is 3.71. The van der Waals surface area contributed by atoms with Crippen LogP contribution in [0, 0.1) is 0 Å². The fraction of sp³-hybridized carbons (Fsp3) is 0.647. The molecule has 1 fully saturated rings. The molecule has 1 aromatic rings. The quantitative estimate of drug-likeness (QED) is 0.916. The Morgan fingerprint density at radius 1 is 1.35 bits per heavy atom. The molecule has 1 aliphatic carbocycles. The van der Waals surface area contributed by atoms with Crippen molar-refractivity contribution >= 4 is 0 Å². The average Bonchev–Trinajstić information content (AvgIpc) is 2.67. The van der Waals surface area contributed by atoms with Gasteiger partial charge in [0, 0.05) is 31.8 Å². The molecule has 0 bridgehead atoms. The predicted molar refractivity (Wildman–Crippen MR) is 82.0 cm³/mol. The van der Waals surface area contributed by atoms with E-state index in [2.05, 4.69) is 48.3 Å². The second kappa shape index (κ2) is 6.25. The second-order valence-electron chi connectivity index (χ2n) is 6.04. The van der Waals surface area contributed by atoms with Gasteiger partial charge < -0.3 is 10.1 Å². The fourth-order valence-electron chi connectivity index (χ4n) is 3.71. The molecule has 1 N–H and O–H groups in total.